The molecule has 0 aliphatic carbocycles. The second-order valence-corrected chi connectivity index (χ2v) is 0. The van der Waals surface area contributed by atoms with Crippen LogP contribution in [0.2, 0.25) is 0 Å². The molecular weight excluding hydrogens is 370 g/mol. The third-order valence-corrected chi connectivity index (χ3v) is 0. The van der Waals surface area contributed by atoms with Crippen LogP contribution in [-0.4, -0.2) is 8.41 Å². The Hall–Kier alpha value is 3.22. The van der Waals surface area contributed by atoms with Crippen molar-refractivity contribution in [3.63, 3.8) is 0 Å². The fourth-order valence-corrected chi connectivity index (χ4v) is 0. The van der Waals surface area contributed by atoms with Gasteiger partial charge in [0.15, 0.2) is 0 Å². The van der Waals surface area contributed by atoms with E-state index in [2.05, 4.69) is 0 Å². The molecule has 0 bridgehead atoms. The van der Waals surface area contributed by atoms with Gasteiger partial charge in [0, 0.05) is 96.5 Å². The van der Waals surface area contributed by atoms with E-state index in [-0.39, 0.29) is 105 Å². The van der Waals surface area contributed by atoms with Crippen molar-refractivity contribution < 1.29 is 96.5 Å². The van der Waals surface area contributed by atoms with Gasteiger partial charge in [-0.25, -0.2) is 0 Å². The zero-order valence-corrected chi connectivity index (χ0v) is 7.64. The van der Waals surface area contributed by atoms with Gasteiger partial charge in [0.2, 0.25) is 0 Å². The molecular formula is H3BFeNdTb. The standard InChI is InChI=1S/BH3.Fe.Nd.Tb/h1H3;;;. The van der Waals surface area contributed by atoms with Gasteiger partial charge in [-0.2, -0.15) is 0 Å². The first-order chi connectivity index (χ1) is 0. The minimum Gasteiger partial charge on any atom is 0 e. The van der Waals surface area contributed by atoms with Crippen LogP contribution in [0.3, 0.4) is 0 Å². The molecule has 0 fully saturated rings. The van der Waals surface area contributed by atoms with Gasteiger partial charge in [-0.3, -0.25) is 0 Å². The van der Waals surface area contributed by atoms with Crippen LogP contribution in [0, 0.1) is 79.5 Å². The van der Waals surface area contributed by atoms with Crippen molar-refractivity contribution in [3.8, 4) is 0 Å². The largest absolute Gasteiger partial charge is 0.0814 e. The van der Waals surface area contributed by atoms with Crippen LogP contribution in [0.1, 0.15) is 0 Å². The van der Waals surface area contributed by atoms with Crippen LogP contribution in [0.4, 0.5) is 0 Å². The van der Waals surface area contributed by atoms with Gasteiger partial charge in [-0.15, -0.1) is 0 Å². The average Bonchev–Trinajstić information content (AvgIpc) is 0. The Bertz CT molecular complexity index is 8.00. The fraction of sp³-hybridized carbons (Fsp3) is 0. The van der Waals surface area contributed by atoms with E-state index in [1.54, 1.807) is 0 Å². The number of hydrogen-bond acceptors (Lipinski definition) is 0. The molecule has 0 N–H and O–H groups in total. The fourth-order valence-electron chi connectivity index (χ4n) is 0. The van der Waals surface area contributed by atoms with Gasteiger partial charge in [0.05, 0.1) is 8.41 Å². The summed E-state index contributed by atoms with van der Waals surface area (Å²) in [4.78, 5) is 0. The Morgan fingerprint density at radius 1 is 1.00 bits per heavy atom. The molecule has 0 aromatic heterocycles. The first kappa shape index (κ1) is 26.9. The number of rotatable bonds is 0. The monoisotopic (exact) mass is 371 g/mol. The molecule has 0 saturated heterocycles. The van der Waals surface area contributed by atoms with E-state index < -0.39 is 0 Å². The molecule has 0 aliphatic heterocycles. The van der Waals surface area contributed by atoms with E-state index in [9.17, 15) is 0 Å². The van der Waals surface area contributed by atoms with Gasteiger partial charge in [-0.05, 0) is 0 Å². The average molecular weight is 373 g/mol. The molecule has 27 valence electrons. The van der Waals surface area contributed by atoms with Crippen LogP contribution in [0.15, 0.2) is 0 Å². The SMILES string of the molecule is B.[Fe].[Nd].[Tb]. The van der Waals surface area contributed by atoms with Crippen molar-refractivity contribution in [3.05, 3.63) is 0 Å². The Kier molecular flexibility index (Phi) is 110. The molecule has 0 heterocycles. The maximum absolute atomic E-state index is 0. The summed E-state index contributed by atoms with van der Waals surface area (Å²) in [7, 11) is 0. The molecule has 0 amide bonds. The molecule has 0 nitrogen and oxygen atoms in total. The molecule has 0 rings (SSSR count). The molecule has 0 aliphatic rings. The summed E-state index contributed by atoms with van der Waals surface area (Å²) in [5, 5.41) is 0. The predicted molar refractivity (Wildman–Crippen MR) is 9.94 cm³/mol. The molecule has 4 heavy (non-hydrogen) atoms. The maximum Gasteiger partial charge on any atom is 0.0814 e. The normalized spacial score (nSPS) is 0. The quantitative estimate of drug-likeness (QED) is 0.469. The second-order valence-electron chi connectivity index (χ2n) is 0. The molecule has 1 radical (unpaired) electrons. The summed E-state index contributed by atoms with van der Waals surface area (Å²) in [6, 6.07) is 0. The molecule has 0 aromatic carbocycles. The van der Waals surface area contributed by atoms with Gasteiger partial charge >= 0.3 is 0 Å². The van der Waals surface area contributed by atoms with Crippen molar-refractivity contribution in [2.45, 2.75) is 0 Å². The smallest absolute Gasteiger partial charge is 0 e. The predicted octanol–water partition coefficient (Wildman–Crippen LogP) is -1.19. The summed E-state index contributed by atoms with van der Waals surface area (Å²) in [6.07, 6.45) is 0. The topological polar surface area (TPSA) is 0 Å². The van der Waals surface area contributed by atoms with Gasteiger partial charge in [0.1, 0.15) is 0 Å². The Labute approximate surface area is 102 Å². The van der Waals surface area contributed by atoms with Crippen LogP contribution in [-0.2, 0) is 17.1 Å². The third-order valence-electron chi connectivity index (χ3n) is 0. The second kappa shape index (κ2) is 16.3. The van der Waals surface area contributed by atoms with Crippen molar-refractivity contribution in [2.75, 3.05) is 0 Å². The zero-order valence-electron chi connectivity index (χ0n) is 1.19. The van der Waals surface area contributed by atoms with Crippen LogP contribution >= 0.6 is 0 Å². The third kappa shape index (κ3) is 8.97. The van der Waals surface area contributed by atoms with E-state index >= 15 is 0 Å². The molecule has 0 aromatic rings. The van der Waals surface area contributed by atoms with Crippen LogP contribution in [0.25, 0.3) is 0 Å². The maximum atomic E-state index is 0. The van der Waals surface area contributed by atoms with Gasteiger partial charge in [-0.1, -0.05) is 0 Å². The Balaban J connectivity index is 0. The molecule has 0 unspecified atom stereocenters. The first-order valence-electron chi connectivity index (χ1n) is 0. The molecule has 0 atom stereocenters. The summed E-state index contributed by atoms with van der Waals surface area (Å²) in [5.41, 5.74) is 0. The van der Waals surface area contributed by atoms with E-state index in [1.807, 2.05) is 0 Å². The van der Waals surface area contributed by atoms with E-state index in [1.165, 1.54) is 0 Å². The summed E-state index contributed by atoms with van der Waals surface area (Å²) in [5.74, 6) is 0. The Morgan fingerprint density at radius 2 is 1.00 bits per heavy atom. The zero-order chi connectivity index (χ0) is 0. The summed E-state index contributed by atoms with van der Waals surface area (Å²) in [6.45, 7) is 0. The van der Waals surface area contributed by atoms with Crippen LogP contribution < -0.4 is 0 Å². The first-order valence-corrected chi connectivity index (χ1v) is 0. The minimum absolute atomic E-state index is 0. The molecule has 0 saturated carbocycles. The van der Waals surface area contributed by atoms with Gasteiger partial charge in [0.25, 0.3) is 0 Å². The minimum atomic E-state index is 0. The van der Waals surface area contributed by atoms with Crippen molar-refractivity contribution in [1.29, 1.82) is 0 Å². The summed E-state index contributed by atoms with van der Waals surface area (Å²) < 4.78 is 0. The van der Waals surface area contributed by atoms with Crippen LogP contribution in [0.5, 0.6) is 0 Å². The van der Waals surface area contributed by atoms with Crippen molar-refractivity contribution in [2.24, 2.45) is 0 Å². The Morgan fingerprint density at radius 3 is 1.00 bits per heavy atom. The van der Waals surface area contributed by atoms with Crippen molar-refractivity contribution in [1.82, 2.24) is 0 Å². The summed E-state index contributed by atoms with van der Waals surface area (Å²) >= 11 is 0. The van der Waals surface area contributed by atoms with E-state index in [0.717, 1.165) is 0 Å². The number of hydrogen-bond donors (Lipinski definition) is 0. The van der Waals surface area contributed by atoms with E-state index in [0.29, 0.717) is 0 Å². The van der Waals surface area contributed by atoms with Gasteiger partial charge < -0.3 is 0 Å². The molecule has 0 spiro atoms. The molecule has 4 heteroatoms. The van der Waals surface area contributed by atoms with Crippen molar-refractivity contribution >= 4 is 8.41 Å². The van der Waals surface area contributed by atoms with E-state index in [4.69, 9.17) is 0 Å².